The van der Waals surface area contributed by atoms with Gasteiger partial charge in [-0.3, -0.25) is 20.2 Å². The van der Waals surface area contributed by atoms with Crippen molar-refractivity contribution in [2.45, 2.75) is 19.8 Å². The molecule has 4 N–H and O–H groups in total. The smallest absolute Gasteiger partial charge is 0.308 e. The maximum Gasteiger partial charge on any atom is 0.308 e. The van der Waals surface area contributed by atoms with Gasteiger partial charge < -0.3 is 9.84 Å². The molecule has 0 spiro atoms. The number of esters is 1. The van der Waals surface area contributed by atoms with E-state index in [-0.39, 0.29) is 17.6 Å². The van der Waals surface area contributed by atoms with Crippen LogP contribution in [-0.2, 0) is 16.6 Å². The van der Waals surface area contributed by atoms with E-state index in [1.807, 2.05) is 6.92 Å². The van der Waals surface area contributed by atoms with Crippen molar-refractivity contribution in [3.63, 3.8) is 0 Å². The number of hydrazine groups is 1. The minimum atomic E-state index is -0.175. The standard InChI is InChI=1S/C20H25Cl2N5O3S/c1-11(31-20(24-23)27-8-6-12(7-9-27)19(29)30-3)16-18(28)17(26(2)25-16)13-4-5-14(21)15(22)10-13/h4-5,10,12,24,28H,6-9,23H2,1-3H3. The average Bonchev–Trinajstić information content (AvgIpc) is 3.07. The first kappa shape index (κ1) is 23.8. The van der Waals surface area contributed by atoms with Crippen LogP contribution < -0.4 is 11.3 Å². The van der Waals surface area contributed by atoms with Gasteiger partial charge in [0, 0.05) is 30.6 Å². The number of aromatic nitrogens is 2. The highest BCUT2D eigenvalue weighted by Gasteiger charge is 2.27. The third kappa shape index (κ3) is 5.14. The van der Waals surface area contributed by atoms with Gasteiger partial charge in [-0.2, -0.15) is 5.10 Å². The fraction of sp³-hybridized carbons (Fsp3) is 0.400. The Bertz CT molecular complexity index is 1060. The van der Waals surface area contributed by atoms with E-state index >= 15 is 0 Å². The molecule has 1 aromatic carbocycles. The van der Waals surface area contributed by atoms with E-state index in [0.29, 0.717) is 52.9 Å². The predicted octanol–water partition coefficient (Wildman–Crippen LogP) is 2.81. The molecule has 0 bridgehead atoms. The zero-order chi connectivity index (χ0) is 22.7. The van der Waals surface area contributed by atoms with Crippen LogP contribution in [0.1, 0.15) is 25.5 Å². The molecule has 11 heteroatoms. The number of likely N-dealkylation sites (tertiary alicyclic amines) is 1. The molecule has 1 saturated heterocycles. The largest absolute Gasteiger partial charge is 0.504 e. The number of hydrogen-bond donors (Lipinski definition) is 3. The first-order valence-corrected chi connectivity index (χ1v) is 11.2. The summed E-state index contributed by atoms with van der Waals surface area (Å²) in [4.78, 5) is 14.6. The Morgan fingerprint density at radius 3 is 2.58 bits per heavy atom. The average molecular weight is 486 g/mol. The molecule has 0 unspecified atom stereocenters. The molecule has 1 aromatic heterocycles. The van der Waals surface area contributed by atoms with Gasteiger partial charge in [0.05, 0.1) is 23.1 Å². The topological polar surface area (TPSA) is 106 Å². The van der Waals surface area contributed by atoms with Crippen molar-refractivity contribution in [2.75, 3.05) is 20.2 Å². The van der Waals surface area contributed by atoms with Gasteiger partial charge in [-0.15, -0.1) is 10.9 Å². The molecule has 1 fully saturated rings. The lowest BCUT2D eigenvalue weighted by Gasteiger charge is -2.30. The number of hydrogen-bond acceptors (Lipinski definition) is 5. The number of aryl methyl sites for hydroxylation is 1. The number of benzene rings is 1. The molecular formula is C20H25Cl2N5O3S. The minimum absolute atomic E-state index is 0.0478. The van der Waals surface area contributed by atoms with E-state index in [0.717, 1.165) is 9.98 Å². The van der Waals surface area contributed by atoms with E-state index in [4.69, 9.17) is 33.8 Å². The number of aromatic hydroxyl groups is 1. The van der Waals surface area contributed by atoms with Gasteiger partial charge in [-0.1, -0.05) is 29.3 Å². The number of ether oxygens (including phenoxy) is 1. The lowest BCUT2D eigenvalue weighted by Crippen LogP contribution is -2.48. The molecule has 0 saturated carbocycles. The summed E-state index contributed by atoms with van der Waals surface area (Å²) in [5, 5.41) is 16.9. The summed E-state index contributed by atoms with van der Waals surface area (Å²) in [6, 6.07) is 5.15. The number of nitrogens with zero attached hydrogens (tertiary/aromatic N) is 3. The molecular weight excluding hydrogens is 461 g/mol. The zero-order valence-electron chi connectivity index (χ0n) is 17.5. The molecule has 8 nitrogen and oxygen atoms in total. The highest BCUT2D eigenvalue weighted by atomic mass is 35.5. The fourth-order valence-corrected chi connectivity index (χ4v) is 4.77. The van der Waals surface area contributed by atoms with Crippen LogP contribution in [-0.4, -0.2) is 55.9 Å². The van der Waals surface area contributed by atoms with Crippen molar-refractivity contribution in [2.24, 2.45) is 18.8 Å². The van der Waals surface area contributed by atoms with Gasteiger partial charge in [0.2, 0.25) is 0 Å². The first-order chi connectivity index (χ1) is 14.8. The first-order valence-electron chi connectivity index (χ1n) is 9.66. The molecule has 3 rings (SSSR count). The molecule has 0 amide bonds. The van der Waals surface area contributed by atoms with Crippen molar-refractivity contribution in [1.29, 1.82) is 0 Å². The highest BCUT2D eigenvalue weighted by Crippen LogP contribution is 2.35. The Balaban J connectivity index is 1.92. The second-order valence-electron chi connectivity index (χ2n) is 7.19. The van der Waals surface area contributed by atoms with Crippen LogP contribution in [0.15, 0.2) is 18.2 Å². The van der Waals surface area contributed by atoms with Crippen molar-refractivity contribution in [3.8, 4) is 17.0 Å². The van der Waals surface area contributed by atoms with E-state index in [9.17, 15) is 9.90 Å². The Morgan fingerprint density at radius 1 is 1.32 bits per heavy atom. The summed E-state index contributed by atoms with van der Waals surface area (Å²) < 4.78 is 6.45. The van der Waals surface area contributed by atoms with Crippen molar-refractivity contribution < 1.29 is 14.6 Å². The van der Waals surface area contributed by atoms with Gasteiger partial charge >= 0.3 is 5.97 Å². The molecule has 2 heterocycles. The molecule has 0 atom stereocenters. The minimum Gasteiger partial charge on any atom is -0.504 e. The fourth-order valence-electron chi connectivity index (χ4n) is 3.58. The molecule has 0 aliphatic carbocycles. The molecule has 1 aliphatic rings. The van der Waals surface area contributed by atoms with E-state index in [2.05, 4.69) is 15.4 Å². The highest BCUT2D eigenvalue weighted by molar-refractivity contribution is 7.98. The lowest BCUT2D eigenvalue weighted by molar-refractivity contribution is -0.146. The summed E-state index contributed by atoms with van der Waals surface area (Å²) in [5.74, 6) is 5.55. The van der Waals surface area contributed by atoms with Gasteiger partial charge in [-0.05, 0) is 31.9 Å². The second kappa shape index (κ2) is 10.2. The maximum absolute atomic E-state index is 11.8. The normalized spacial score (nSPS) is 15.0. The van der Waals surface area contributed by atoms with E-state index in [1.54, 1.807) is 29.9 Å². The number of nitrogens with one attached hydrogen (secondary N) is 1. The number of carbonyl (C=O) groups excluding carboxylic acids is 1. The molecule has 31 heavy (non-hydrogen) atoms. The summed E-state index contributed by atoms with van der Waals surface area (Å²) in [6.45, 7) is 3.20. The Hall–Kier alpha value is -1.88. The number of methoxy groups -OCH3 is 1. The molecule has 0 radical (unpaired) electrons. The van der Waals surface area contributed by atoms with Crippen molar-refractivity contribution in [1.82, 2.24) is 20.1 Å². The van der Waals surface area contributed by atoms with Crippen LogP contribution in [0.4, 0.5) is 0 Å². The van der Waals surface area contributed by atoms with E-state index < -0.39 is 0 Å². The summed E-state index contributed by atoms with van der Waals surface area (Å²) in [5.41, 5.74) is 4.43. The molecule has 2 aromatic rings. The number of rotatable bonds is 3. The van der Waals surface area contributed by atoms with Gasteiger partial charge in [0.25, 0.3) is 0 Å². The van der Waals surface area contributed by atoms with Gasteiger partial charge in [0.15, 0.2) is 5.75 Å². The Kier molecular flexibility index (Phi) is 7.79. The zero-order valence-corrected chi connectivity index (χ0v) is 19.8. The number of carbonyl (C=O) groups is 1. The van der Waals surface area contributed by atoms with Crippen molar-refractivity contribution >= 4 is 50.1 Å². The second-order valence-corrected chi connectivity index (χ2v) is 9.21. The monoisotopic (exact) mass is 485 g/mol. The third-order valence-corrected chi connectivity index (χ3v) is 7.05. The summed E-state index contributed by atoms with van der Waals surface area (Å²) >= 11 is 12.1. The Morgan fingerprint density at radius 2 is 2.00 bits per heavy atom. The third-order valence-electron chi connectivity index (χ3n) is 5.24. The van der Waals surface area contributed by atoms with Crippen LogP contribution in [0.3, 0.4) is 0 Å². The summed E-state index contributed by atoms with van der Waals surface area (Å²) in [7, 11) is 4.54. The van der Waals surface area contributed by atoms with Crippen LogP contribution in [0, 0.1) is 5.92 Å². The number of nitrogens with two attached hydrogens (primary N) is 1. The van der Waals surface area contributed by atoms with Crippen LogP contribution in [0.2, 0.25) is 10.0 Å². The number of piperidine rings is 1. The quantitative estimate of drug-likeness (QED) is 0.202. The van der Waals surface area contributed by atoms with Crippen molar-refractivity contribution in [3.05, 3.63) is 33.9 Å². The van der Waals surface area contributed by atoms with Crippen LogP contribution >= 0.6 is 34.1 Å². The van der Waals surface area contributed by atoms with E-state index in [1.165, 1.54) is 18.0 Å². The maximum atomic E-state index is 11.8. The molecule has 1 aliphatic heterocycles. The Labute approximate surface area is 194 Å². The number of halogens is 2. The van der Waals surface area contributed by atoms with Crippen LogP contribution in [0.5, 0.6) is 5.75 Å². The SMILES string of the molecule is COC(=O)C1CCN(C(NN)=S=C(C)c2nn(C)c(-c3ccc(Cl)c(Cl)c3)c2O)CC1. The lowest BCUT2D eigenvalue weighted by atomic mass is 9.97. The van der Waals surface area contributed by atoms with Gasteiger partial charge in [-0.25, -0.2) is 5.43 Å². The predicted molar refractivity (Wildman–Crippen MR) is 126 cm³/mol. The van der Waals surface area contributed by atoms with Crippen LogP contribution in [0.25, 0.3) is 11.3 Å². The molecule has 168 valence electrons. The summed E-state index contributed by atoms with van der Waals surface area (Å²) in [6.07, 6.45) is 1.38. The van der Waals surface area contributed by atoms with Gasteiger partial charge in [0.1, 0.15) is 16.5 Å².